The summed E-state index contributed by atoms with van der Waals surface area (Å²) in [6.07, 6.45) is -1.58. The van der Waals surface area contributed by atoms with Crippen molar-refractivity contribution in [3.05, 3.63) is 29.3 Å². The van der Waals surface area contributed by atoms with E-state index in [2.05, 4.69) is 5.32 Å². The number of amides is 1. The summed E-state index contributed by atoms with van der Waals surface area (Å²) in [5, 5.41) is 2.68. The predicted octanol–water partition coefficient (Wildman–Crippen LogP) is 3.76. The molecule has 1 amide bonds. The van der Waals surface area contributed by atoms with Gasteiger partial charge in [0.2, 0.25) is 0 Å². The smallest absolute Gasteiger partial charge is 0.385 e. The highest BCUT2D eigenvalue weighted by molar-refractivity contribution is 5.95. The molecule has 2 rings (SSSR count). The molecular weight excluding hydrogens is 281 g/mol. The zero-order valence-corrected chi connectivity index (χ0v) is 12.1. The van der Waals surface area contributed by atoms with Gasteiger partial charge in [-0.25, -0.2) is 0 Å². The molecule has 1 fully saturated rings. The summed E-state index contributed by atoms with van der Waals surface area (Å²) in [5.41, 5.74) is -0.705. The van der Waals surface area contributed by atoms with Gasteiger partial charge in [0, 0.05) is 30.9 Å². The minimum atomic E-state index is -4.48. The number of nitrogens with one attached hydrogen (secondary N) is 1. The Morgan fingerprint density at radius 3 is 2.52 bits per heavy atom. The Kier molecular flexibility index (Phi) is 4.44. The summed E-state index contributed by atoms with van der Waals surface area (Å²) < 4.78 is 39.3. The standard InChI is InChI=1S/C15H19F3N2O/c1-3-19-13-8-7-10(9-12(13)15(16,17)18)14(21)20(2)11-5-4-6-11/h7-9,11,19H,3-6H2,1-2H3. The molecule has 0 aromatic heterocycles. The monoisotopic (exact) mass is 300 g/mol. The van der Waals surface area contributed by atoms with Crippen LogP contribution in [0.1, 0.15) is 42.1 Å². The molecule has 1 aliphatic rings. The molecule has 0 saturated heterocycles. The molecule has 0 bridgehead atoms. The van der Waals surface area contributed by atoms with E-state index in [1.54, 1.807) is 18.9 Å². The molecule has 0 heterocycles. The summed E-state index contributed by atoms with van der Waals surface area (Å²) in [6, 6.07) is 3.87. The molecular formula is C15H19F3N2O. The molecule has 1 aromatic carbocycles. The molecule has 0 radical (unpaired) electrons. The minimum absolute atomic E-state index is 0.00727. The van der Waals surface area contributed by atoms with Crippen LogP contribution in [0.15, 0.2) is 18.2 Å². The van der Waals surface area contributed by atoms with Gasteiger partial charge in [0.05, 0.1) is 5.56 Å². The quantitative estimate of drug-likeness (QED) is 0.918. The van der Waals surface area contributed by atoms with Gasteiger partial charge in [0.1, 0.15) is 0 Å². The molecule has 1 aromatic rings. The van der Waals surface area contributed by atoms with Gasteiger partial charge >= 0.3 is 6.18 Å². The Bertz CT molecular complexity index is 524. The number of nitrogens with zero attached hydrogens (tertiary/aromatic N) is 1. The number of rotatable bonds is 4. The van der Waals surface area contributed by atoms with Crippen molar-refractivity contribution in [3.8, 4) is 0 Å². The van der Waals surface area contributed by atoms with Crippen LogP contribution in [-0.2, 0) is 6.18 Å². The first-order valence-corrected chi connectivity index (χ1v) is 7.07. The van der Waals surface area contributed by atoms with Gasteiger partial charge in [-0.1, -0.05) is 0 Å². The van der Waals surface area contributed by atoms with Crippen LogP contribution in [0.25, 0.3) is 0 Å². The van der Waals surface area contributed by atoms with Crippen LogP contribution in [0.4, 0.5) is 18.9 Å². The third kappa shape index (κ3) is 3.31. The van der Waals surface area contributed by atoms with E-state index < -0.39 is 11.7 Å². The molecule has 0 aliphatic heterocycles. The average molecular weight is 300 g/mol. The van der Waals surface area contributed by atoms with E-state index in [1.165, 1.54) is 12.1 Å². The molecule has 1 aliphatic carbocycles. The fraction of sp³-hybridized carbons (Fsp3) is 0.533. The second-order valence-electron chi connectivity index (χ2n) is 5.29. The van der Waals surface area contributed by atoms with Gasteiger partial charge in [-0.2, -0.15) is 13.2 Å². The molecule has 1 saturated carbocycles. The van der Waals surface area contributed by atoms with Crippen molar-refractivity contribution in [2.45, 2.75) is 38.4 Å². The highest BCUT2D eigenvalue weighted by Gasteiger charge is 2.35. The zero-order chi connectivity index (χ0) is 15.6. The highest BCUT2D eigenvalue weighted by atomic mass is 19.4. The van der Waals surface area contributed by atoms with E-state index in [0.717, 1.165) is 25.3 Å². The van der Waals surface area contributed by atoms with Crippen LogP contribution >= 0.6 is 0 Å². The molecule has 0 atom stereocenters. The summed E-state index contributed by atoms with van der Waals surface area (Å²) in [4.78, 5) is 13.8. The van der Waals surface area contributed by atoms with Crippen molar-refractivity contribution in [3.63, 3.8) is 0 Å². The number of hydrogen-bond donors (Lipinski definition) is 1. The Labute approximate surface area is 122 Å². The van der Waals surface area contributed by atoms with Crippen LogP contribution in [0.3, 0.4) is 0 Å². The zero-order valence-electron chi connectivity index (χ0n) is 12.1. The Morgan fingerprint density at radius 1 is 1.38 bits per heavy atom. The van der Waals surface area contributed by atoms with Crippen LogP contribution in [0, 0.1) is 0 Å². The van der Waals surface area contributed by atoms with E-state index in [0.29, 0.717) is 6.54 Å². The van der Waals surface area contributed by atoms with Crippen LogP contribution in [0.5, 0.6) is 0 Å². The highest BCUT2D eigenvalue weighted by Crippen LogP contribution is 2.36. The van der Waals surface area contributed by atoms with Crippen molar-refractivity contribution in [1.29, 1.82) is 0 Å². The van der Waals surface area contributed by atoms with Crippen molar-refractivity contribution in [2.24, 2.45) is 0 Å². The predicted molar refractivity (Wildman–Crippen MR) is 75.3 cm³/mol. The van der Waals surface area contributed by atoms with Crippen LogP contribution in [-0.4, -0.2) is 30.4 Å². The molecule has 6 heteroatoms. The van der Waals surface area contributed by atoms with Gasteiger partial charge in [0.25, 0.3) is 5.91 Å². The summed E-state index contributed by atoms with van der Waals surface area (Å²) in [6.45, 7) is 2.11. The van der Waals surface area contributed by atoms with Crippen LogP contribution in [0.2, 0.25) is 0 Å². The maximum atomic E-state index is 13.1. The molecule has 0 spiro atoms. The lowest BCUT2D eigenvalue weighted by Crippen LogP contribution is -2.41. The molecule has 116 valence electrons. The SMILES string of the molecule is CCNc1ccc(C(=O)N(C)C2CCC2)cc1C(F)(F)F. The van der Waals surface area contributed by atoms with Crippen LogP contribution < -0.4 is 5.32 Å². The first-order chi connectivity index (χ1) is 9.84. The number of anilines is 1. The Morgan fingerprint density at radius 2 is 2.05 bits per heavy atom. The van der Waals surface area contributed by atoms with E-state index in [1.807, 2.05) is 0 Å². The first-order valence-electron chi connectivity index (χ1n) is 7.07. The second kappa shape index (κ2) is 5.95. The maximum Gasteiger partial charge on any atom is 0.418 e. The summed E-state index contributed by atoms with van der Waals surface area (Å²) in [5.74, 6) is -0.353. The fourth-order valence-corrected chi connectivity index (χ4v) is 2.40. The third-order valence-electron chi connectivity index (χ3n) is 3.88. The fourth-order valence-electron chi connectivity index (χ4n) is 2.40. The summed E-state index contributed by atoms with van der Waals surface area (Å²) >= 11 is 0. The second-order valence-corrected chi connectivity index (χ2v) is 5.29. The normalized spacial score (nSPS) is 15.5. The summed E-state index contributed by atoms with van der Waals surface area (Å²) in [7, 11) is 1.65. The van der Waals surface area contributed by atoms with Gasteiger partial charge in [-0.05, 0) is 44.4 Å². The van der Waals surface area contributed by atoms with Gasteiger partial charge in [0.15, 0.2) is 0 Å². The van der Waals surface area contributed by atoms with Crippen molar-refractivity contribution < 1.29 is 18.0 Å². The number of carbonyl (C=O) groups is 1. The third-order valence-corrected chi connectivity index (χ3v) is 3.88. The Balaban J connectivity index is 2.30. The van der Waals surface area contributed by atoms with Gasteiger partial charge in [-0.3, -0.25) is 4.79 Å². The lowest BCUT2D eigenvalue weighted by molar-refractivity contribution is -0.137. The van der Waals surface area contributed by atoms with E-state index >= 15 is 0 Å². The van der Waals surface area contributed by atoms with E-state index in [9.17, 15) is 18.0 Å². The number of carbonyl (C=O) groups excluding carboxylic acids is 1. The molecule has 0 unspecified atom stereocenters. The van der Waals surface area contributed by atoms with E-state index in [-0.39, 0.29) is 23.2 Å². The number of alkyl halides is 3. The number of hydrogen-bond acceptors (Lipinski definition) is 2. The molecule has 1 N–H and O–H groups in total. The lowest BCUT2D eigenvalue weighted by atomic mass is 9.91. The van der Waals surface area contributed by atoms with Crippen molar-refractivity contribution >= 4 is 11.6 Å². The lowest BCUT2D eigenvalue weighted by Gasteiger charge is -2.34. The number of benzene rings is 1. The van der Waals surface area contributed by atoms with Crippen molar-refractivity contribution in [2.75, 3.05) is 18.9 Å². The number of halogens is 3. The van der Waals surface area contributed by atoms with Crippen molar-refractivity contribution in [1.82, 2.24) is 4.90 Å². The van der Waals surface area contributed by atoms with Gasteiger partial charge < -0.3 is 10.2 Å². The topological polar surface area (TPSA) is 32.3 Å². The first kappa shape index (κ1) is 15.7. The average Bonchev–Trinajstić information content (AvgIpc) is 2.35. The molecule has 21 heavy (non-hydrogen) atoms. The maximum absolute atomic E-state index is 13.1. The minimum Gasteiger partial charge on any atom is -0.385 e. The van der Waals surface area contributed by atoms with E-state index in [4.69, 9.17) is 0 Å². The molecule has 3 nitrogen and oxygen atoms in total. The largest absolute Gasteiger partial charge is 0.418 e. The Hall–Kier alpha value is -1.72. The van der Waals surface area contributed by atoms with Gasteiger partial charge in [-0.15, -0.1) is 0 Å².